The number of amides is 1. The van der Waals surface area contributed by atoms with E-state index in [1.54, 1.807) is 12.3 Å². The molecule has 0 fully saturated rings. The average Bonchev–Trinajstić information content (AvgIpc) is 3.07. The lowest BCUT2D eigenvalue weighted by atomic mass is 9.88. The Labute approximate surface area is 142 Å². The van der Waals surface area contributed by atoms with Gasteiger partial charge in [0.05, 0.1) is 22.3 Å². The molecule has 0 radical (unpaired) electrons. The van der Waals surface area contributed by atoms with Crippen LogP contribution in [0.1, 0.15) is 30.0 Å². The summed E-state index contributed by atoms with van der Waals surface area (Å²) in [7, 11) is 0. The van der Waals surface area contributed by atoms with Crippen molar-refractivity contribution in [1.29, 1.82) is 0 Å². The maximum Gasteiger partial charge on any atom is 0.275 e. The van der Waals surface area contributed by atoms with Gasteiger partial charge in [-0.1, -0.05) is 24.3 Å². The predicted octanol–water partition coefficient (Wildman–Crippen LogP) is 2.65. The third-order valence-corrected chi connectivity index (χ3v) is 5.32. The molecule has 122 valence electrons. The molecule has 0 bridgehead atoms. The molecule has 0 saturated carbocycles. The molecule has 0 unspecified atom stereocenters. The summed E-state index contributed by atoms with van der Waals surface area (Å²) in [5.74, 6) is -0.180. The van der Waals surface area contributed by atoms with Crippen LogP contribution in [0.5, 0.6) is 0 Å². The zero-order valence-electron chi connectivity index (χ0n) is 13.1. The molecule has 1 amide bonds. The van der Waals surface area contributed by atoms with Gasteiger partial charge >= 0.3 is 0 Å². The highest BCUT2D eigenvalue weighted by atomic mass is 32.1. The van der Waals surface area contributed by atoms with Gasteiger partial charge in [0.25, 0.3) is 5.56 Å². The molecule has 1 N–H and O–H groups in total. The first-order chi connectivity index (χ1) is 11.7. The lowest BCUT2D eigenvalue weighted by Gasteiger charge is -2.26. The number of rotatable bonds is 3. The molecule has 24 heavy (non-hydrogen) atoms. The molecule has 2 heterocycles. The monoisotopic (exact) mass is 339 g/mol. The number of aromatic nitrogens is 2. The summed E-state index contributed by atoms with van der Waals surface area (Å²) >= 11 is 1.47. The number of nitrogens with zero attached hydrogens (tertiary/aromatic N) is 2. The van der Waals surface area contributed by atoms with E-state index < -0.39 is 0 Å². The second kappa shape index (κ2) is 6.20. The molecule has 0 aliphatic heterocycles. The number of fused-ring (bicyclic) bond motifs is 2. The summed E-state index contributed by atoms with van der Waals surface area (Å²) in [6, 6.07) is 10.0. The van der Waals surface area contributed by atoms with Crippen molar-refractivity contribution in [2.24, 2.45) is 0 Å². The van der Waals surface area contributed by atoms with Crippen LogP contribution in [-0.2, 0) is 17.8 Å². The van der Waals surface area contributed by atoms with E-state index in [1.165, 1.54) is 27.1 Å². The summed E-state index contributed by atoms with van der Waals surface area (Å²) < 4.78 is 2.08. The molecule has 1 atom stereocenters. The molecule has 1 aliphatic carbocycles. The molecule has 1 aliphatic rings. The van der Waals surface area contributed by atoms with Gasteiger partial charge in [0.1, 0.15) is 6.54 Å². The molecule has 5 nitrogen and oxygen atoms in total. The van der Waals surface area contributed by atoms with Crippen molar-refractivity contribution in [2.75, 3.05) is 0 Å². The molecule has 1 aromatic carbocycles. The van der Waals surface area contributed by atoms with Gasteiger partial charge in [-0.25, -0.2) is 4.68 Å². The zero-order chi connectivity index (χ0) is 16.5. The minimum absolute atomic E-state index is 0.0167. The van der Waals surface area contributed by atoms with Gasteiger partial charge < -0.3 is 5.32 Å². The highest BCUT2D eigenvalue weighted by molar-refractivity contribution is 7.17. The molecule has 4 rings (SSSR count). The highest BCUT2D eigenvalue weighted by Crippen LogP contribution is 2.29. The van der Waals surface area contributed by atoms with E-state index in [1.807, 2.05) is 17.5 Å². The van der Waals surface area contributed by atoms with Crippen LogP contribution < -0.4 is 10.9 Å². The van der Waals surface area contributed by atoms with Crippen LogP contribution in [0, 0.1) is 0 Å². The number of benzene rings is 1. The Morgan fingerprint density at radius 3 is 3.12 bits per heavy atom. The predicted molar refractivity (Wildman–Crippen MR) is 94.1 cm³/mol. The lowest BCUT2D eigenvalue weighted by molar-refractivity contribution is -0.122. The largest absolute Gasteiger partial charge is 0.348 e. The molecular formula is C18H17N3O2S. The Morgan fingerprint density at radius 1 is 1.33 bits per heavy atom. The average molecular weight is 339 g/mol. The Morgan fingerprint density at radius 2 is 2.21 bits per heavy atom. The molecular weight excluding hydrogens is 322 g/mol. The van der Waals surface area contributed by atoms with Crippen LogP contribution in [0.3, 0.4) is 0 Å². The zero-order valence-corrected chi connectivity index (χ0v) is 13.9. The van der Waals surface area contributed by atoms with Crippen molar-refractivity contribution in [3.05, 3.63) is 63.4 Å². The number of hydrogen-bond donors (Lipinski definition) is 1. The first kappa shape index (κ1) is 15.1. The van der Waals surface area contributed by atoms with Gasteiger partial charge in [0.15, 0.2) is 0 Å². The lowest BCUT2D eigenvalue weighted by Crippen LogP contribution is -2.36. The van der Waals surface area contributed by atoms with Crippen LogP contribution in [0.4, 0.5) is 0 Å². The number of nitrogens with one attached hydrogen (secondary N) is 1. The quantitative estimate of drug-likeness (QED) is 0.798. The van der Waals surface area contributed by atoms with E-state index in [4.69, 9.17) is 0 Å². The summed E-state index contributed by atoms with van der Waals surface area (Å²) in [6.07, 6.45) is 4.68. The van der Waals surface area contributed by atoms with Crippen LogP contribution in [0.2, 0.25) is 0 Å². The fourth-order valence-electron chi connectivity index (χ4n) is 3.30. The smallest absolute Gasteiger partial charge is 0.275 e. The van der Waals surface area contributed by atoms with E-state index in [2.05, 4.69) is 22.5 Å². The van der Waals surface area contributed by atoms with Gasteiger partial charge in [-0.05, 0) is 41.8 Å². The van der Waals surface area contributed by atoms with Crippen molar-refractivity contribution < 1.29 is 4.79 Å². The molecule has 0 saturated heterocycles. The summed E-state index contributed by atoms with van der Waals surface area (Å²) in [5, 5.41) is 9.64. The van der Waals surface area contributed by atoms with Gasteiger partial charge in [0.2, 0.25) is 5.91 Å². The van der Waals surface area contributed by atoms with Crippen molar-refractivity contribution >= 4 is 27.3 Å². The number of thiophene rings is 1. The second-order valence-corrected chi connectivity index (χ2v) is 6.96. The van der Waals surface area contributed by atoms with Gasteiger partial charge in [-0.15, -0.1) is 11.3 Å². The van der Waals surface area contributed by atoms with Crippen LogP contribution in [-0.4, -0.2) is 15.7 Å². The standard InChI is InChI=1S/C18H17N3O2S/c22-17(11-21-18(23)14-8-9-24-16(14)10-19-21)20-15-7-3-5-12-4-1-2-6-13(12)15/h1-2,4,6,8-10,15H,3,5,7,11H2,(H,20,22)/t15-/m0/s1. The van der Waals surface area contributed by atoms with E-state index in [-0.39, 0.29) is 24.1 Å². The van der Waals surface area contributed by atoms with Crippen LogP contribution in [0.25, 0.3) is 10.1 Å². The highest BCUT2D eigenvalue weighted by Gasteiger charge is 2.21. The molecule has 0 spiro atoms. The van der Waals surface area contributed by atoms with Crippen molar-refractivity contribution in [3.8, 4) is 0 Å². The second-order valence-electron chi connectivity index (χ2n) is 6.02. The topological polar surface area (TPSA) is 64.0 Å². The Kier molecular flexibility index (Phi) is 3.90. The Hall–Kier alpha value is -2.47. The number of aryl methyl sites for hydroxylation is 1. The summed E-state index contributed by atoms with van der Waals surface area (Å²) in [4.78, 5) is 24.8. The van der Waals surface area contributed by atoms with Gasteiger partial charge in [0, 0.05) is 0 Å². The van der Waals surface area contributed by atoms with E-state index in [9.17, 15) is 9.59 Å². The number of carbonyl (C=O) groups excluding carboxylic acids is 1. The van der Waals surface area contributed by atoms with Crippen LogP contribution >= 0.6 is 11.3 Å². The maximum absolute atomic E-state index is 12.4. The normalized spacial score (nSPS) is 16.8. The van der Waals surface area contributed by atoms with Crippen molar-refractivity contribution in [2.45, 2.75) is 31.8 Å². The fourth-order valence-corrected chi connectivity index (χ4v) is 4.04. The van der Waals surface area contributed by atoms with E-state index in [0.29, 0.717) is 5.39 Å². The SMILES string of the molecule is O=C(Cn1ncc2sccc2c1=O)N[C@H]1CCCc2ccccc21. The number of carbonyl (C=O) groups is 1. The Balaban J connectivity index is 1.53. The molecule has 3 aromatic rings. The first-order valence-electron chi connectivity index (χ1n) is 8.03. The fraction of sp³-hybridized carbons (Fsp3) is 0.278. The minimum atomic E-state index is -0.215. The van der Waals surface area contributed by atoms with Crippen molar-refractivity contribution in [1.82, 2.24) is 15.1 Å². The maximum atomic E-state index is 12.4. The van der Waals surface area contributed by atoms with Crippen molar-refractivity contribution in [3.63, 3.8) is 0 Å². The third-order valence-electron chi connectivity index (χ3n) is 4.47. The minimum Gasteiger partial charge on any atom is -0.348 e. The van der Waals surface area contributed by atoms with Gasteiger partial charge in [-0.3, -0.25) is 9.59 Å². The molecule has 2 aromatic heterocycles. The summed E-state index contributed by atoms with van der Waals surface area (Å²) in [5.41, 5.74) is 2.27. The first-order valence-corrected chi connectivity index (χ1v) is 8.91. The summed E-state index contributed by atoms with van der Waals surface area (Å²) in [6.45, 7) is -0.0523. The molecule has 6 heteroatoms. The van der Waals surface area contributed by atoms with E-state index >= 15 is 0 Å². The third kappa shape index (κ3) is 2.73. The van der Waals surface area contributed by atoms with E-state index in [0.717, 1.165) is 24.0 Å². The van der Waals surface area contributed by atoms with Gasteiger partial charge in [-0.2, -0.15) is 5.10 Å². The Bertz CT molecular complexity index is 960. The van der Waals surface area contributed by atoms with Crippen LogP contribution in [0.15, 0.2) is 46.7 Å². The number of hydrogen-bond acceptors (Lipinski definition) is 4.